The highest BCUT2D eigenvalue weighted by atomic mass is 16.1. The molecule has 0 spiro atoms. The standard InChI is InChI=1S/C19H27N3O/c1-8-22(19(5,6)7)12-16(11-20)18(23)21-17-14(3)9-13(2)10-15(17)4/h9-10,12H,8H2,1-7H3,(H,21,23)/b16-12-. The zero-order valence-corrected chi connectivity index (χ0v) is 15.2. The number of benzene rings is 1. The van der Waals surface area contributed by atoms with Gasteiger partial charge in [0, 0.05) is 24.0 Å². The summed E-state index contributed by atoms with van der Waals surface area (Å²) in [7, 11) is 0. The Morgan fingerprint density at radius 1 is 1.26 bits per heavy atom. The van der Waals surface area contributed by atoms with Crippen LogP contribution in [-0.4, -0.2) is 22.9 Å². The fraction of sp³-hybridized carbons (Fsp3) is 0.474. The molecule has 0 aliphatic carbocycles. The highest BCUT2D eigenvalue weighted by molar-refractivity contribution is 6.07. The van der Waals surface area contributed by atoms with Crippen molar-refractivity contribution in [1.82, 2.24) is 4.90 Å². The smallest absolute Gasteiger partial charge is 0.267 e. The Hall–Kier alpha value is -2.28. The van der Waals surface area contributed by atoms with E-state index in [1.807, 2.05) is 71.6 Å². The van der Waals surface area contributed by atoms with Gasteiger partial charge < -0.3 is 10.2 Å². The van der Waals surface area contributed by atoms with E-state index >= 15 is 0 Å². The topological polar surface area (TPSA) is 56.1 Å². The van der Waals surface area contributed by atoms with Crippen LogP contribution in [-0.2, 0) is 4.79 Å². The minimum absolute atomic E-state index is 0.112. The van der Waals surface area contributed by atoms with Crippen molar-refractivity contribution in [1.29, 1.82) is 5.26 Å². The second-order valence-electron chi connectivity index (χ2n) is 6.84. The van der Waals surface area contributed by atoms with Crippen LogP contribution >= 0.6 is 0 Å². The SMILES string of the molecule is CCN(/C=C(/C#N)C(=O)Nc1c(C)cc(C)cc1C)C(C)(C)C. The van der Waals surface area contributed by atoms with E-state index in [2.05, 4.69) is 5.32 Å². The lowest BCUT2D eigenvalue weighted by Crippen LogP contribution is -2.37. The minimum atomic E-state index is -0.370. The zero-order valence-electron chi connectivity index (χ0n) is 15.2. The van der Waals surface area contributed by atoms with Crippen LogP contribution in [0.4, 0.5) is 5.69 Å². The predicted molar refractivity (Wildman–Crippen MR) is 95.1 cm³/mol. The van der Waals surface area contributed by atoms with E-state index < -0.39 is 0 Å². The van der Waals surface area contributed by atoms with Crippen LogP contribution in [0.25, 0.3) is 0 Å². The van der Waals surface area contributed by atoms with Crippen LogP contribution in [0, 0.1) is 32.1 Å². The third-order valence-corrected chi connectivity index (χ3v) is 3.77. The van der Waals surface area contributed by atoms with E-state index in [4.69, 9.17) is 0 Å². The molecule has 1 N–H and O–H groups in total. The van der Waals surface area contributed by atoms with Crippen molar-refractivity contribution < 1.29 is 4.79 Å². The minimum Gasteiger partial charge on any atom is -0.372 e. The molecule has 1 rings (SSSR count). The number of rotatable bonds is 4. The van der Waals surface area contributed by atoms with Gasteiger partial charge in [0.1, 0.15) is 11.6 Å². The molecule has 0 saturated heterocycles. The van der Waals surface area contributed by atoms with Crippen molar-refractivity contribution in [2.75, 3.05) is 11.9 Å². The Bertz CT molecular complexity index is 637. The van der Waals surface area contributed by atoms with Gasteiger partial charge in [-0.2, -0.15) is 5.26 Å². The molecule has 0 fully saturated rings. The Morgan fingerprint density at radius 3 is 2.17 bits per heavy atom. The molecule has 0 aliphatic rings. The van der Waals surface area contributed by atoms with Crippen molar-refractivity contribution in [3.8, 4) is 6.07 Å². The molecule has 1 aromatic carbocycles. The van der Waals surface area contributed by atoms with E-state index in [9.17, 15) is 10.1 Å². The molecule has 0 saturated carbocycles. The molecule has 1 aromatic rings. The molecule has 0 atom stereocenters. The van der Waals surface area contributed by atoms with Crippen molar-refractivity contribution in [2.45, 2.75) is 54.0 Å². The molecule has 0 radical (unpaired) electrons. The third kappa shape index (κ3) is 4.85. The van der Waals surface area contributed by atoms with Gasteiger partial charge in [0.05, 0.1) is 0 Å². The molecular formula is C19H27N3O. The van der Waals surface area contributed by atoms with Gasteiger partial charge in [-0.25, -0.2) is 0 Å². The average molecular weight is 313 g/mol. The summed E-state index contributed by atoms with van der Waals surface area (Å²) in [4.78, 5) is 14.5. The summed E-state index contributed by atoms with van der Waals surface area (Å²) in [5.41, 5.74) is 3.89. The second-order valence-corrected chi connectivity index (χ2v) is 6.84. The average Bonchev–Trinajstić information content (AvgIpc) is 2.42. The van der Waals surface area contributed by atoms with Crippen LogP contribution in [0.5, 0.6) is 0 Å². The molecule has 0 aromatic heterocycles. The summed E-state index contributed by atoms with van der Waals surface area (Å²) >= 11 is 0. The number of nitrogens with one attached hydrogen (secondary N) is 1. The zero-order chi connectivity index (χ0) is 17.8. The summed E-state index contributed by atoms with van der Waals surface area (Å²) in [6, 6.07) is 6.06. The van der Waals surface area contributed by atoms with E-state index in [1.54, 1.807) is 6.20 Å². The first kappa shape index (κ1) is 18.8. The molecule has 1 amide bonds. The predicted octanol–water partition coefficient (Wildman–Crippen LogP) is 4.08. The number of carbonyl (C=O) groups is 1. The maximum Gasteiger partial charge on any atom is 0.267 e. The monoisotopic (exact) mass is 313 g/mol. The summed E-state index contributed by atoms with van der Waals surface area (Å²) in [6.45, 7) is 14.8. The molecule has 4 nitrogen and oxygen atoms in total. The van der Waals surface area contributed by atoms with Crippen LogP contribution in [0.3, 0.4) is 0 Å². The Balaban J connectivity index is 3.11. The summed E-state index contributed by atoms with van der Waals surface area (Å²) in [6.07, 6.45) is 1.65. The van der Waals surface area contributed by atoms with Crippen LogP contribution < -0.4 is 5.32 Å². The number of nitriles is 1. The fourth-order valence-electron chi connectivity index (χ4n) is 2.61. The molecule has 0 heterocycles. The van der Waals surface area contributed by atoms with Gasteiger partial charge in [-0.1, -0.05) is 17.7 Å². The van der Waals surface area contributed by atoms with E-state index in [0.717, 1.165) is 28.9 Å². The van der Waals surface area contributed by atoms with Gasteiger partial charge in [-0.3, -0.25) is 4.79 Å². The van der Waals surface area contributed by atoms with Gasteiger partial charge in [-0.15, -0.1) is 0 Å². The maximum absolute atomic E-state index is 12.5. The quantitative estimate of drug-likeness (QED) is 0.673. The first-order valence-electron chi connectivity index (χ1n) is 7.88. The molecule has 0 bridgehead atoms. The largest absolute Gasteiger partial charge is 0.372 e. The Kier molecular flexibility index (Phi) is 5.98. The number of carbonyl (C=O) groups excluding carboxylic acids is 1. The lowest BCUT2D eigenvalue weighted by atomic mass is 10.0. The van der Waals surface area contributed by atoms with Crippen molar-refractivity contribution in [3.05, 3.63) is 40.6 Å². The molecule has 0 unspecified atom stereocenters. The maximum atomic E-state index is 12.5. The highest BCUT2D eigenvalue weighted by Crippen LogP contribution is 2.23. The number of hydrogen-bond acceptors (Lipinski definition) is 3. The molecule has 4 heteroatoms. The van der Waals surface area contributed by atoms with Crippen LogP contribution in [0.2, 0.25) is 0 Å². The molecule has 0 aliphatic heterocycles. The highest BCUT2D eigenvalue weighted by Gasteiger charge is 2.20. The van der Waals surface area contributed by atoms with Crippen molar-refractivity contribution >= 4 is 11.6 Å². The lowest BCUT2D eigenvalue weighted by Gasteiger charge is -2.33. The van der Waals surface area contributed by atoms with Gasteiger partial charge in [-0.05, 0) is 59.6 Å². The van der Waals surface area contributed by atoms with Gasteiger partial charge in [0.25, 0.3) is 5.91 Å². The summed E-state index contributed by atoms with van der Waals surface area (Å²) in [5, 5.41) is 12.2. The van der Waals surface area contributed by atoms with Gasteiger partial charge in [0.2, 0.25) is 0 Å². The van der Waals surface area contributed by atoms with Gasteiger partial charge >= 0.3 is 0 Å². The van der Waals surface area contributed by atoms with Crippen molar-refractivity contribution in [3.63, 3.8) is 0 Å². The summed E-state index contributed by atoms with van der Waals surface area (Å²) < 4.78 is 0. The number of anilines is 1. The number of amides is 1. The van der Waals surface area contributed by atoms with E-state index in [1.165, 1.54) is 0 Å². The van der Waals surface area contributed by atoms with E-state index in [0.29, 0.717) is 0 Å². The number of hydrogen-bond donors (Lipinski definition) is 1. The molecular weight excluding hydrogens is 286 g/mol. The van der Waals surface area contributed by atoms with Crippen molar-refractivity contribution in [2.24, 2.45) is 0 Å². The lowest BCUT2D eigenvalue weighted by molar-refractivity contribution is -0.112. The second kappa shape index (κ2) is 7.32. The molecule has 124 valence electrons. The molecule has 23 heavy (non-hydrogen) atoms. The number of aryl methyl sites for hydroxylation is 3. The Morgan fingerprint density at radius 2 is 1.78 bits per heavy atom. The number of nitrogens with zero attached hydrogens (tertiary/aromatic N) is 2. The third-order valence-electron chi connectivity index (χ3n) is 3.77. The van der Waals surface area contributed by atoms with Gasteiger partial charge in [0.15, 0.2) is 0 Å². The van der Waals surface area contributed by atoms with Crippen LogP contribution in [0.15, 0.2) is 23.9 Å². The first-order chi connectivity index (χ1) is 10.6. The van der Waals surface area contributed by atoms with E-state index in [-0.39, 0.29) is 17.0 Å². The first-order valence-corrected chi connectivity index (χ1v) is 7.88. The van der Waals surface area contributed by atoms with Crippen LogP contribution in [0.1, 0.15) is 44.4 Å². The Labute approximate surface area is 139 Å². The normalized spacial score (nSPS) is 11.8. The summed E-state index contributed by atoms with van der Waals surface area (Å²) in [5.74, 6) is -0.370. The fourth-order valence-corrected chi connectivity index (χ4v) is 2.61.